The molecular weight excluding hydrogens is 306 g/mol. The number of hydrogen-bond donors (Lipinski definition) is 2. The molecule has 2 heterocycles. The van der Waals surface area contributed by atoms with Crippen LogP contribution >= 0.6 is 0 Å². The Balaban J connectivity index is 1.75. The predicted octanol–water partition coefficient (Wildman–Crippen LogP) is 0.834. The molecule has 0 aromatic carbocycles. The van der Waals surface area contributed by atoms with Crippen LogP contribution in [0.3, 0.4) is 0 Å². The molecule has 0 amide bonds. The highest BCUT2D eigenvalue weighted by molar-refractivity contribution is 5.77. The summed E-state index contributed by atoms with van der Waals surface area (Å²) in [6.07, 6.45) is 2.84. The second-order valence-electron chi connectivity index (χ2n) is 5.98. The molecule has 0 saturated carbocycles. The molecule has 0 radical (unpaired) electrons. The molecule has 7 nitrogen and oxygen atoms in total. The topological polar surface area (TPSA) is 85.0 Å². The molecule has 1 aromatic rings. The Morgan fingerprint density at radius 3 is 2.88 bits per heavy atom. The lowest BCUT2D eigenvalue weighted by Crippen LogP contribution is -2.39. The average molecular weight is 335 g/mol. The van der Waals surface area contributed by atoms with Crippen molar-refractivity contribution in [3.8, 4) is 5.75 Å². The highest BCUT2D eigenvalue weighted by Crippen LogP contribution is 2.24. The van der Waals surface area contributed by atoms with Gasteiger partial charge in [-0.3, -0.25) is 9.88 Å². The average Bonchev–Trinajstić information content (AvgIpc) is 2.59. The van der Waals surface area contributed by atoms with Crippen LogP contribution in [0.25, 0.3) is 0 Å². The van der Waals surface area contributed by atoms with Crippen LogP contribution in [0.15, 0.2) is 11.2 Å². The molecular formula is C17H29N5O2. The number of hydrogen-bond acceptors (Lipinski definition) is 5. The summed E-state index contributed by atoms with van der Waals surface area (Å²) >= 11 is 0. The number of morpholine rings is 1. The Kier molecular flexibility index (Phi) is 7.27. The van der Waals surface area contributed by atoms with Gasteiger partial charge in [0.15, 0.2) is 5.96 Å². The van der Waals surface area contributed by atoms with Crippen LogP contribution in [-0.4, -0.2) is 62.3 Å². The van der Waals surface area contributed by atoms with Crippen molar-refractivity contribution >= 4 is 5.96 Å². The first kappa shape index (κ1) is 18.5. The van der Waals surface area contributed by atoms with E-state index in [9.17, 15) is 0 Å². The fourth-order valence-electron chi connectivity index (χ4n) is 2.79. The predicted molar refractivity (Wildman–Crippen MR) is 95.5 cm³/mol. The van der Waals surface area contributed by atoms with E-state index in [0.29, 0.717) is 12.5 Å². The largest absolute Gasteiger partial charge is 0.496 e. The molecule has 0 bridgehead atoms. The van der Waals surface area contributed by atoms with Crippen LogP contribution in [0, 0.1) is 13.8 Å². The molecule has 1 aromatic heterocycles. The summed E-state index contributed by atoms with van der Waals surface area (Å²) in [6.45, 7) is 10.0. The van der Waals surface area contributed by atoms with Crippen LogP contribution in [0.2, 0.25) is 0 Å². The summed E-state index contributed by atoms with van der Waals surface area (Å²) in [5, 5.41) is 3.16. The molecule has 1 fully saturated rings. The van der Waals surface area contributed by atoms with Gasteiger partial charge >= 0.3 is 0 Å². The number of nitrogens with zero attached hydrogens (tertiary/aromatic N) is 3. The third-order valence-electron chi connectivity index (χ3n) is 4.21. The molecule has 1 saturated heterocycles. The monoisotopic (exact) mass is 335 g/mol. The van der Waals surface area contributed by atoms with Crippen LogP contribution in [0.4, 0.5) is 0 Å². The summed E-state index contributed by atoms with van der Waals surface area (Å²) < 4.78 is 10.8. The van der Waals surface area contributed by atoms with Crippen LogP contribution in [-0.2, 0) is 11.3 Å². The first-order chi connectivity index (χ1) is 11.6. The van der Waals surface area contributed by atoms with Crippen molar-refractivity contribution < 1.29 is 9.47 Å². The number of pyridine rings is 1. The number of rotatable bonds is 7. The lowest BCUT2D eigenvalue weighted by Gasteiger charge is -2.26. The van der Waals surface area contributed by atoms with E-state index in [-0.39, 0.29) is 0 Å². The quantitative estimate of drug-likeness (QED) is 0.436. The standard InChI is InChI=1S/C17H29N5O2/c1-13-11-20-15(14(2)16(13)23-3)12-21-17(18)19-5-4-6-22-7-9-24-10-8-22/h11H,4-10,12H2,1-3H3,(H3,18,19,21). The van der Waals surface area contributed by atoms with Crippen molar-refractivity contribution in [2.45, 2.75) is 26.8 Å². The van der Waals surface area contributed by atoms with E-state index in [4.69, 9.17) is 15.2 Å². The first-order valence-electron chi connectivity index (χ1n) is 8.44. The van der Waals surface area contributed by atoms with E-state index >= 15 is 0 Å². The minimum absolute atomic E-state index is 0.449. The summed E-state index contributed by atoms with van der Waals surface area (Å²) in [5.41, 5.74) is 8.86. The maximum absolute atomic E-state index is 5.94. The molecule has 0 spiro atoms. The molecule has 0 aliphatic carbocycles. The number of aliphatic imine (C=N–C) groups is 1. The van der Waals surface area contributed by atoms with Crippen LogP contribution < -0.4 is 15.8 Å². The minimum atomic E-state index is 0.449. The lowest BCUT2D eigenvalue weighted by molar-refractivity contribution is 0.0376. The van der Waals surface area contributed by atoms with Gasteiger partial charge in [-0.2, -0.15) is 0 Å². The van der Waals surface area contributed by atoms with Gasteiger partial charge in [0.25, 0.3) is 0 Å². The van der Waals surface area contributed by atoms with Gasteiger partial charge in [-0.25, -0.2) is 4.99 Å². The number of aryl methyl sites for hydroxylation is 1. The first-order valence-corrected chi connectivity index (χ1v) is 8.44. The molecule has 1 aliphatic rings. The van der Waals surface area contributed by atoms with Crippen molar-refractivity contribution in [1.29, 1.82) is 0 Å². The Morgan fingerprint density at radius 1 is 1.42 bits per heavy atom. The summed E-state index contributed by atoms with van der Waals surface area (Å²) in [6, 6.07) is 0. The lowest BCUT2D eigenvalue weighted by atomic mass is 10.1. The van der Waals surface area contributed by atoms with Crippen molar-refractivity contribution in [2.75, 3.05) is 46.5 Å². The second kappa shape index (κ2) is 9.44. The van der Waals surface area contributed by atoms with Crippen LogP contribution in [0.5, 0.6) is 5.75 Å². The summed E-state index contributed by atoms with van der Waals surface area (Å²) in [5.74, 6) is 1.32. The van der Waals surface area contributed by atoms with Gasteiger partial charge < -0.3 is 20.5 Å². The SMILES string of the molecule is COc1c(C)cnc(CN=C(N)NCCCN2CCOCC2)c1C. The van der Waals surface area contributed by atoms with Crippen LogP contribution in [0.1, 0.15) is 23.2 Å². The third kappa shape index (κ3) is 5.35. The van der Waals surface area contributed by atoms with E-state index in [1.54, 1.807) is 7.11 Å². The number of aromatic nitrogens is 1. The van der Waals surface area contributed by atoms with E-state index in [2.05, 4.69) is 20.2 Å². The van der Waals surface area contributed by atoms with Crippen molar-refractivity contribution in [1.82, 2.24) is 15.2 Å². The van der Waals surface area contributed by atoms with E-state index < -0.39 is 0 Å². The number of nitrogens with one attached hydrogen (secondary N) is 1. The van der Waals surface area contributed by atoms with Gasteiger partial charge in [0.1, 0.15) is 5.75 Å². The molecule has 1 aliphatic heterocycles. The number of nitrogens with two attached hydrogens (primary N) is 1. The zero-order valence-electron chi connectivity index (χ0n) is 15.0. The maximum atomic E-state index is 5.94. The van der Waals surface area contributed by atoms with Gasteiger partial charge in [0.05, 0.1) is 32.6 Å². The van der Waals surface area contributed by atoms with Gasteiger partial charge in [-0.1, -0.05) is 0 Å². The molecule has 3 N–H and O–H groups in total. The molecule has 134 valence electrons. The smallest absolute Gasteiger partial charge is 0.188 e. The molecule has 2 rings (SSSR count). The number of guanidine groups is 1. The van der Waals surface area contributed by atoms with Gasteiger partial charge in [-0.15, -0.1) is 0 Å². The highest BCUT2D eigenvalue weighted by Gasteiger charge is 2.10. The van der Waals surface area contributed by atoms with E-state index in [0.717, 1.165) is 68.4 Å². The van der Waals surface area contributed by atoms with Gasteiger partial charge in [0.2, 0.25) is 0 Å². The zero-order valence-corrected chi connectivity index (χ0v) is 15.0. The highest BCUT2D eigenvalue weighted by atomic mass is 16.5. The molecule has 0 atom stereocenters. The third-order valence-corrected chi connectivity index (χ3v) is 4.21. The Morgan fingerprint density at radius 2 is 2.17 bits per heavy atom. The minimum Gasteiger partial charge on any atom is -0.496 e. The Labute approximate surface area is 144 Å². The zero-order chi connectivity index (χ0) is 17.4. The normalized spacial score (nSPS) is 16.2. The van der Waals surface area contributed by atoms with E-state index in [1.165, 1.54) is 0 Å². The fourth-order valence-corrected chi connectivity index (χ4v) is 2.79. The summed E-state index contributed by atoms with van der Waals surface area (Å²) in [4.78, 5) is 11.2. The second-order valence-corrected chi connectivity index (χ2v) is 5.98. The molecule has 0 unspecified atom stereocenters. The van der Waals surface area contributed by atoms with Gasteiger partial charge in [0, 0.05) is 37.0 Å². The molecule has 24 heavy (non-hydrogen) atoms. The van der Waals surface area contributed by atoms with Crippen molar-refractivity contribution in [3.05, 3.63) is 23.0 Å². The Bertz CT molecular complexity index is 556. The molecule has 7 heteroatoms. The summed E-state index contributed by atoms with van der Waals surface area (Å²) in [7, 11) is 1.67. The van der Waals surface area contributed by atoms with E-state index in [1.807, 2.05) is 20.0 Å². The van der Waals surface area contributed by atoms with Crippen molar-refractivity contribution in [3.63, 3.8) is 0 Å². The number of methoxy groups -OCH3 is 1. The van der Waals surface area contributed by atoms with Crippen molar-refractivity contribution in [2.24, 2.45) is 10.7 Å². The fraction of sp³-hybridized carbons (Fsp3) is 0.647. The van der Waals surface area contributed by atoms with Gasteiger partial charge in [-0.05, 0) is 26.8 Å². The number of ether oxygens (including phenoxy) is 2. The maximum Gasteiger partial charge on any atom is 0.188 e. The Hall–Kier alpha value is -1.86.